The normalized spacial score (nSPS) is 11.1. The van der Waals surface area contributed by atoms with E-state index >= 15 is 0 Å². The molecule has 0 spiro atoms. The minimum atomic E-state index is 0.557. The number of fused-ring (bicyclic) bond motifs is 6. The summed E-state index contributed by atoms with van der Waals surface area (Å²) in [5.41, 5.74) is 11.3. The van der Waals surface area contributed by atoms with Crippen molar-refractivity contribution < 1.29 is 0 Å². The lowest BCUT2D eigenvalue weighted by Crippen LogP contribution is -2.01. The molecule has 0 saturated heterocycles. The Balaban J connectivity index is 1.19. The van der Waals surface area contributed by atoms with Gasteiger partial charge in [0.2, 0.25) is 0 Å². The van der Waals surface area contributed by atoms with Crippen LogP contribution in [0.1, 0.15) is 16.7 Å². The Morgan fingerprint density at radius 1 is 0.380 bits per heavy atom. The van der Waals surface area contributed by atoms with Gasteiger partial charge in [0.1, 0.15) is 12.1 Å². The highest BCUT2D eigenvalue weighted by molar-refractivity contribution is 6.11. The number of para-hydroxylation sites is 4. The topological polar surface area (TPSA) is 81.2 Å². The van der Waals surface area contributed by atoms with Crippen molar-refractivity contribution in [2.45, 2.75) is 0 Å². The molecule has 5 heteroatoms. The van der Waals surface area contributed by atoms with E-state index in [-0.39, 0.29) is 0 Å². The van der Waals surface area contributed by atoms with Crippen LogP contribution in [0, 0.1) is 34.0 Å². The molecule has 0 atom stereocenters. The number of nitriles is 3. The van der Waals surface area contributed by atoms with E-state index in [0.29, 0.717) is 16.7 Å². The average Bonchev–Trinajstić information content (AvgIpc) is 3.69. The summed E-state index contributed by atoms with van der Waals surface area (Å²) >= 11 is 0. The summed E-state index contributed by atoms with van der Waals surface area (Å²) in [7, 11) is 0. The van der Waals surface area contributed by atoms with Crippen LogP contribution in [0.4, 0.5) is 0 Å². The Morgan fingerprint density at radius 2 is 0.940 bits per heavy atom. The summed E-state index contributed by atoms with van der Waals surface area (Å²) in [6.07, 6.45) is 0. The van der Waals surface area contributed by atoms with Gasteiger partial charge in [0.25, 0.3) is 0 Å². The van der Waals surface area contributed by atoms with Gasteiger partial charge in [-0.1, -0.05) is 97.1 Å². The van der Waals surface area contributed by atoms with Crippen LogP contribution < -0.4 is 0 Å². The first-order valence-electron chi connectivity index (χ1n) is 16.3. The molecular weight excluding hydrogens is 611 g/mol. The SMILES string of the molecule is N#Cc1ccc2c(c1)c1ccccc1n2-c1cc(-c2ccc(-c3cccc(C#N)c3-n3c4ccccc4c4ccccc43)cc2)ccc1C#N. The van der Waals surface area contributed by atoms with Crippen molar-refractivity contribution in [2.24, 2.45) is 0 Å². The molecule has 7 aromatic carbocycles. The smallest absolute Gasteiger partial charge is 0.101 e. The average molecular weight is 636 g/mol. The van der Waals surface area contributed by atoms with E-state index < -0.39 is 0 Å². The van der Waals surface area contributed by atoms with Crippen LogP contribution >= 0.6 is 0 Å². The second kappa shape index (κ2) is 11.4. The van der Waals surface area contributed by atoms with E-state index in [1.54, 1.807) is 0 Å². The molecule has 9 aromatic rings. The summed E-state index contributed by atoms with van der Waals surface area (Å²) in [5, 5.41) is 34.4. The van der Waals surface area contributed by atoms with Gasteiger partial charge in [-0.15, -0.1) is 0 Å². The van der Waals surface area contributed by atoms with E-state index in [1.807, 2.05) is 72.8 Å². The van der Waals surface area contributed by atoms with Gasteiger partial charge in [0.05, 0.1) is 56.2 Å². The molecular formula is C45H25N5. The Labute approximate surface area is 287 Å². The standard InChI is InChI=1S/C45H25N5/c46-26-29-16-23-43-39(24-29)38-11-3-4-13-40(38)49(43)44-25-32(21-22-33(44)27-47)30-17-19-31(20-18-30)35-12-7-8-34(28-48)45(35)50-41-14-5-1-9-36(41)37-10-2-6-15-42(37)50/h1-25H. The molecule has 0 bridgehead atoms. The first-order chi connectivity index (χ1) is 24.7. The third-order valence-electron chi connectivity index (χ3n) is 9.65. The molecule has 0 saturated carbocycles. The van der Waals surface area contributed by atoms with Crippen LogP contribution in [0.2, 0.25) is 0 Å². The number of hydrogen-bond acceptors (Lipinski definition) is 3. The van der Waals surface area contributed by atoms with Crippen molar-refractivity contribution in [3.05, 3.63) is 168 Å². The highest BCUT2D eigenvalue weighted by Gasteiger charge is 2.20. The monoisotopic (exact) mass is 635 g/mol. The van der Waals surface area contributed by atoms with E-state index in [2.05, 4.69) is 106 Å². The zero-order valence-corrected chi connectivity index (χ0v) is 26.7. The van der Waals surface area contributed by atoms with E-state index in [9.17, 15) is 15.8 Å². The molecule has 0 aliphatic rings. The zero-order valence-electron chi connectivity index (χ0n) is 26.7. The number of aromatic nitrogens is 2. The van der Waals surface area contributed by atoms with Gasteiger partial charge in [-0.3, -0.25) is 0 Å². The largest absolute Gasteiger partial charge is 0.308 e. The fourth-order valence-corrected chi connectivity index (χ4v) is 7.41. The predicted octanol–water partition coefficient (Wildman–Crippen LogP) is 10.8. The van der Waals surface area contributed by atoms with Crippen LogP contribution in [-0.4, -0.2) is 9.13 Å². The molecule has 0 unspecified atom stereocenters. The minimum Gasteiger partial charge on any atom is -0.308 e. The highest BCUT2D eigenvalue weighted by Crippen LogP contribution is 2.39. The first kappa shape index (κ1) is 28.8. The molecule has 2 aromatic heterocycles. The zero-order chi connectivity index (χ0) is 33.8. The maximum Gasteiger partial charge on any atom is 0.101 e. The lowest BCUT2D eigenvalue weighted by molar-refractivity contribution is 1.17. The summed E-state index contributed by atoms with van der Waals surface area (Å²) in [5.74, 6) is 0. The fraction of sp³-hybridized carbons (Fsp3) is 0. The molecule has 50 heavy (non-hydrogen) atoms. The molecule has 0 amide bonds. The Morgan fingerprint density at radius 3 is 1.58 bits per heavy atom. The van der Waals surface area contributed by atoms with Gasteiger partial charge >= 0.3 is 0 Å². The summed E-state index contributed by atoms with van der Waals surface area (Å²) in [6.45, 7) is 0. The third kappa shape index (κ3) is 4.31. The summed E-state index contributed by atoms with van der Waals surface area (Å²) in [6, 6.07) is 57.8. The molecule has 0 fully saturated rings. The van der Waals surface area contributed by atoms with Crippen molar-refractivity contribution in [2.75, 3.05) is 0 Å². The van der Waals surface area contributed by atoms with Crippen LogP contribution in [0.25, 0.3) is 77.2 Å². The predicted molar refractivity (Wildman–Crippen MR) is 200 cm³/mol. The Kier molecular flexibility index (Phi) is 6.56. The molecule has 5 nitrogen and oxygen atoms in total. The van der Waals surface area contributed by atoms with Gasteiger partial charge in [0.15, 0.2) is 0 Å². The van der Waals surface area contributed by atoms with Crippen molar-refractivity contribution in [3.63, 3.8) is 0 Å². The lowest BCUT2D eigenvalue weighted by Gasteiger charge is -2.16. The second-order valence-electron chi connectivity index (χ2n) is 12.3. The van der Waals surface area contributed by atoms with Gasteiger partial charge < -0.3 is 9.13 Å². The first-order valence-corrected chi connectivity index (χ1v) is 16.3. The number of benzene rings is 7. The maximum absolute atomic E-state index is 10.3. The van der Waals surface area contributed by atoms with Gasteiger partial charge in [-0.05, 0) is 71.3 Å². The van der Waals surface area contributed by atoms with Crippen molar-refractivity contribution >= 4 is 43.6 Å². The third-order valence-corrected chi connectivity index (χ3v) is 9.65. The number of nitrogens with zero attached hydrogens (tertiary/aromatic N) is 5. The Bertz CT molecular complexity index is 2900. The Hall–Kier alpha value is -7.39. The number of rotatable bonds is 4. The summed E-state index contributed by atoms with van der Waals surface area (Å²) < 4.78 is 4.33. The van der Waals surface area contributed by atoms with E-state index in [0.717, 1.165) is 77.2 Å². The molecule has 9 rings (SSSR count). The van der Waals surface area contributed by atoms with Crippen LogP contribution in [-0.2, 0) is 0 Å². The van der Waals surface area contributed by atoms with Crippen molar-refractivity contribution in [1.82, 2.24) is 9.13 Å². The van der Waals surface area contributed by atoms with E-state index in [1.165, 1.54) is 0 Å². The second-order valence-corrected chi connectivity index (χ2v) is 12.3. The van der Waals surface area contributed by atoms with Gasteiger partial charge in [0, 0.05) is 27.1 Å². The van der Waals surface area contributed by atoms with E-state index in [4.69, 9.17) is 0 Å². The highest BCUT2D eigenvalue weighted by atomic mass is 15.0. The van der Waals surface area contributed by atoms with Gasteiger partial charge in [-0.25, -0.2) is 0 Å². The molecule has 0 aliphatic carbocycles. The van der Waals surface area contributed by atoms with Crippen molar-refractivity contribution in [1.29, 1.82) is 15.8 Å². The maximum atomic E-state index is 10.3. The molecule has 0 aliphatic heterocycles. The van der Waals surface area contributed by atoms with Crippen LogP contribution in [0.15, 0.2) is 152 Å². The lowest BCUT2D eigenvalue weighted by atomic mass is 9.96. The van der Waals surface area contributed by atoms with Crippen molar-refractivity contribution in [3.8, 4) is 51.8 Å². The van der Waals surface area contributed by atoms with Crippen LogP contribution in [0.3, 0.4) is 0 Å². The summed E-state index contributed by atoms with van der Waals surface area (Å²) in [4.78, 5) is 0. The molecule has 0 N–H and O–H groups in total. The molecule has 0 radical (unpaired) electrons. The fourth-order valence-electron chi connectivity index (χ4n) is 7.41. The van der Waals surface area contributed by atoms with Gasteiger partial charge in [-0.2, -0.15) is 15.8 Å². The molecule has 230 valence electrons. The molecule has 2 heterocycles. The quantitative estimate of drug-likeness (QED) is 0.193. The van der Waals surface area contributed by atoms with Crippen LogP contribution in [0.5, 0.6) is 0 Å². The minimum absolute atomic E-state index is 0.557. The number of hydrogen-bond donors (Lipinski definition) is 0.